The molecular weight excluding hydrogens is 432 g/mol. The minimum atomic E-state index is -3.83. The number of ether oxygens (including phenoxy) is 1. The molecule has 0 fully saturated rings. The highest BCUT2D eigenvalue weighted by Crippen LogP contribution is 2.35. The summed E-state index contributed by atoms with van der Waals surface area (Å²) < 4.78 is 32.6. The fourth-order valence-electron chi connectivity index (χ4n) is 3.32. The van der Waals surface area contributed by atoms with E-state index in [4.69, 9.17) is 16.3 Å². The standard InChI is InChI=1S/C24H21ClN2O3S/c1-2-30-19-10-13-22-21(14-19)24(27-15-17-6-4-3-5-7-17)23(16-26-22)31(28,29)20-11-8-18(25)9-12-20/h3-14,16H,2,15H2,1H3,(H,26,27). The molecule has 0 unspecified atom stereocenters. The first-order chi connectivity index (χ1) is 15.0. The molecule has 0 saturated heterocycles. The molecule has 0 atom stereocenters. The van der Waals surface area contributed by atoms with Gasteiger partial charge in [-0.05, 0) is 55.0 Å². The van der Waals surface area contributed by atoms with E-state index in [-0.39, 0.29) is 9.79 Å². The summed E-state index contributed by atoms with van der Waals surface area (Å²) in [5, 5.41) is 4.48. The van der Waals surface area contributed by atoms with Crippen molar-refractivity contribution < 1.29 is 13.2 Å². The summed E-state index contributed by atoms with van der Waals surface area (Å²) in [6, 6.07) is 21.4. The molecule has 7 heteroatoms. The molecule has 0 bridgehead atoms. The van der Waals surface area contributed by atoms with Gasteiger partial charge in [-0.1, -0.05) is 41.9 Å². The summed E-state index contributed by atoms with van der Waals surface area (Å²) in [4.78, 5) is 4.66. The molecule has 158 valence electrons. The third-order valence-corrected chi connectivity index (χ3v) is 6.87. The maximum absolute atomic E-state index is 13.5. The maximum atomic E-state index is 13.5. The van der Waals surface area contributed by atoms with Gasteiger partial charge >= 0.3 is 0 Å². The summed E-state index contributed by atoms with van der Waals surface area (Å²) in [5.74, 6) is 0.653. The van der Waals surface area contributed by atoms with E-state index < -0.39 is 9.84 Å². The van der Waals surface area contributed by atoms with E-state index in [0.29, 0.717) is 40.5 Å². The fourth-order valence-corrected chi connectivity index (χ4v) is 4.84. The number of aromatic nitrogens is 1. The second-order valence-corrected chi connectivity index (χ2v) is 9.26. The zero-order valence-electron chi connectivity index (χ0n) is 16.9. The summed E-state index contributed by atoms with van der Waals surface area (Å²) in [7, 11) is -3.83. The number of hydrogen-bond donors (Lipinski definition) is 1. The van der Waals surface area contributed by atoms with Crippen LogP contribution in [0.2, 0.25) is 5.02 Å². The van der Waals surface area contributed by atoms with Crippen LogP contribution in [-0.2, 0) is 16.4 Å². The Hall–Kier alpha value is -3.09. The van der Waals surface area contributed by atoms with Crippen molar-refractivity contribution in [1.29, 1.82) is 0 Å². The zero-order valence-corrected chi connectivity index (χ0v) is 18.5. The fraction of sp³-hybridized carbons (Fsp3) is 0.125. The van der Waals surface area contributed by atoms with Crippen LogP contribution in [0.15, 0.2) is 88.8 Å². The van der Waals surface area contributed by atoms with Crippen LogP contribution < -0.4 is 10.1 Å². The van der Waals surface area contributed by atoms with Crippen LogP contribution in [0.5, 0.6) is 5.75 Å². The van der Waals surface area contributed by atoms with Crippen molar-refractivity contribution in [2.45, 2.75) is 23.3 Å². The predicted octanol–water partition coefficient (Wildman–Crippen LogP) is 5.73. The van der Waals surface area contributed by atoms with Crippen LogP contribution in [-0.4, -0.2) is 20.0 Å². The molecule has 0 amide bonds. The Labute approximate surface area is 186 Å². The number of nitrogens with zero attached hydrogens (tertiary/aromatic N) is 1. The SMILES string of the molecule is CCOc1ccc2ncc(S(=O)(=O)c3ccc(Cl)cc3)c(NCc3ccccc3)c2c1. The molecule has 5 nitrogen and oxygen atoms in total. The van der Waals surface area contributed by atoms with E-state index in [0.717, 1.165) is 5.56 Å². The normalized spacial score (nSPS) is 11.4. The summed E-state index contributed by atoms with van der Waals surface area (Å²) >= 11 is 5.95. The average molecular weight is 453 g/mol. The molecule has 1 aromatic heterocycles. The van der Waals surface area contributed by atoms with Gasteiger partial charge in [0.1, 0.15) is 10.6 Å². The van der Waals surface area contributed by atoms with Crippen LogP contribution in [0.1, 0.15) is 12.5 Å². The van der Waals surface area contributed by atoms with E-state index in [9.17, 15) is 8.42 Å². The van der Waals surface area contributed by atoms with Crippen molar-refractivity contribution in [2.75, 3.05) is 11.9 Å². The maximum Gasteiger partial charge on any atom is 0.210 e. The molecule has 4 rings (SSSR count). The first-order valence-corrected chi connectivity index (χ1v) is 11.7. The summed E-state index contributed by atoms with van der Waals surface area (Å²) in [6.07, 6.45) is 1.40. The number of pyridine rings is 1. The van der Waals surface area contributed by atoms with E-state index >= 15 is 0 Å². The van der Waals surface area contributed by atoms with Crippen molar-refractivity contribution in [3.63, 3.8) is 0 Å². The van der Waals surface area contributed by atoms with Crippen LogP contribution in [0.4, 0.5) is 5.69 Å². The van der Waals surface area contributed by atoms with Gasteiger partial charge in [0.05, 0.1) is 22.7 Å². The lowest BCUT2D eigenvalue weighted by Crippen LogP contribution is -2.09. The molecule has 0 radical (unpaired) electrons. The Balaban J connectivity index is 1.87. The Bertz CT molecular complexity index is 1310. The number of fused-ring (bicyclic) bond motifs is 1. The van der Waals surface area contributed by atoms with E-state index in [1.807, 2.05) is 55.5 Å². The number of nitrogens with one attached hydrogen (secondary N) is 1. The Morgan fingerprint density at radius 2 is 1.74 bits per heavy atom. The van der Waals surface area contributed by atoms with Crippen molar-refractivity contribution in [3.05, 3.63) is 89.6 Å². The number of sulfone groups is 1. The molecule has 0 saturated carbocycles. The highest BCUT2D eigenvalue weighted by Gasteiger charge is 2.24. The third-order valence-electron chi connectivity index (χ3n) is 4.84. The Morgan fingerprint density at radius 3 is 2.45 bits per heavy atom. The van der Waals surface area contributed by atoms with Crippen LogP contribution >= 0.6 is 11.6 Å². The lowest BCUT2D eigenvalue weighted by atomic mass is 10.1. The number of hydrogen-bond acceptors (Lipinski definition) is 5. The van der Waals surface area contributed by atoms with Gasteiger partial charge in [-0.15, -0.1) is 0 Å². The molecule has 0 aliphatic carbocycles. The lowest BCUT2D eigenvalue weighted by molar-refractivity contribution is 0.340. The molecule has 0 spiro atoms. The van der Waals surface area contributed by atoms with Gasteiger partial charge in [-0.2, -0.15) is 0 Å². The predicted molar refractivity (Wildman–Crippen MR) is 124 cm³/mol. The van der Waals surface area contributed by atoms with E-state index in [2.05, 4.69) is 10.3 Å². The van der Waals surface area contributed by atoms with Gasteiger partial charge < -0.3 is 10.1 Å². The lowest BCUT2D eigenvalue weighted by Gasteiger charge is -2.16. The van der Waals surface area contributed by atoms with Crippen molar-refractivity contribution in [1.82, 2.24) is 4.98 Å². The van der Waals surface area contributed by atoms with Gasteiger partial charge in [-0.3, -0.25) is 4.98 Å². The number of halogens is 1. The smallest absolute Gasteiger partial charge is 0.210 e. The molecule has 1 heterocycles. The summed E-state index contributed by atoms with van der Waals surface area (Å²) in [5.41, 5.74) is 2.20. The van der Waals surface area contributed by atoms with Crippen LogP contribution in [0.3, 0.4) is 0 Å². The molecule has 0 aliphatic rings. The highest BCUT2D eigenvalue weighted by molar-refractivity contribution is 7.91. The number of anilines is 1. The first kappa shape index (κ1) is 21.2. The minimum Gasteiger partial charge on any atom is -0.494 e. The monoisotopic (exact) mass is 452 g/mol. The molecule has 31 heavy (non-hydrogen) atoms. The number of benzene rings is 3. The second kappa shape index (κ2) is 8.96. The van der Waals surface area contributed by atoms with Crippen molar-refractivity contribution in [2.24, 2.45) is 0 Å². The van der Waals surface area contributed by atoms with Gasteiger partial charge in [0.15, 0.2) is 0 Å². The van der Waals surface area contributed by atoms with Crippen LogP contribution in [0, 0.1) is 0 Å². The van der Waals surface area contributed by atoms with Gasteiger partial charge in [-0.25, -0.2) is 8.42 Å². The van der Waals surface area contributed by atoms with E-state index in [1.54, 1.807) is 12.1 Å². The topological polar surface area (TPSA) is 68.3 Å². The largest absolute Gasteiger partial charge is 0.494 e. The molecule has 1 N–H and O–H groups in total. The zero-order chi connectivity index (χ0) is 21.8. The Kier molecular flexibility index (Phi) is 6.11. The summed E-state index contributed by atoms with van der Waals surface area (Å²) in [6.45, 7) is 2.87. The Morgan fingerprint density at radius 1 is 1.00 bits per heavy atom. The average Bonchev–Trinajstić information content (AvgIpc) is 2.78. The number of rotatable bonds is 7. The molecule has 3 aromatic carbocycles. The van der Waals surface area contributed by atoms with Crippen molar-refractivity contribution in [3.8, 4) is 5.75 Å². The molecular formula is C24H21ClN2O3S. The molecule has 4 aromatic rings. The van der Waals surface area contributed by atoms with Crippen LogP contribution in [0.25, 0.3) is 10.9 Å². The first-order valence-electron chi connectivity index (χ1n) is 9.83. The highest BCUT2D eigenvalue weighted by atomic mass is 35.5. The van der Waals surface area contributed by atoms with Gasteiger partial charge in [0.25, 0.3) is 0 Å². The molecule has 0 aliphatic heterocycles. The van der Waals surface area contributed by atoms with Crippen molar-refractivity contribution >= 4 is 38.0 Å². The third kappa shape index (κ3) is 4.50. The van der Waals surface area contributed by atoms with Gasteiger partial charge in [0.2, 0.25) is 9.84 Å². The quantitative estimate of drug-likeness (QED) is 0.387. The minimum absolute atomic E-state index is 0.104. The van der Waals surface area contributed by atoms with E-state index in [1.165, 1.54) is 18.3 Å². The second-order valence-electron chi connectivity index (χ2n) is 6.91. The van der Waals surface area contributed by atoms with Gasteiger partial charge in [0, 0.05) is 23.2 Å².